The second-order valence-electron chi connectivity index (χ2n) is 3.27. The van der Waals surface area contributed by atoms with Gasteiger partial charge in [0, 0.05) is 6.42 Å². The minimum Gasteiger partial charge on any atom is -0.395 e. The van der Waals surface area contributed by atoms with Crippen LogP contribution in [0.15, 0.2) is 10.7 Å². The normalized spacial score (nSPS) is 23.2. The van der Waals surface area contributed by atoms with Gasteiger partial charge in [-0.3, -0.25) is 0 Å². The van der Waals surface area contributed by atoms with E-state index in [0.717, 1.165) is 25.3 Å². The molecule has 1 aliphatic rings. The van der Waals surface area contributed by atoms with Crippen LogP contribution in [0, 0.1) is 5.92 Å². The molecule has 0 spiro atoms. The van der Waals surface area contributed by atoms with Crippen LogP contribution in [0.5, 0.6) is 0 Å². The fourth-order valence-corrected chi connectivity index (χ4v) is 1.58. The van der Waals surface area contributed by atoms with E-state index in [1.807, 2.05) is 0 Å². The van der Waals surface area contributed by atoms with Crippen molar-refractivity contribution in [1.29, 1.82) is 0 Å². The highest BCUT2D eigenvalue weighted by atomic mass is 16.5. The van der Waals surface area contributed by atoms with Crippen molar-refractivity contribution in [2.24, 2.45) is 5.92 Å². The summed E-state index contributed by atoms with van der Waals surface area (Å²) >= 11 is 0. The van der Waals surface area contributed by atoms with Gasteiger partial charge in [0.2, 0.25) is 0 Å². The Morgan fingerprint density at radius 3 is 3.25 bits per heavy atom. The summed E-state index contributed by atoms with van der Waals surface area (Å²) in [5.41, 5.74) is 6.32. The highest BCUT2D eigenvalue weighted by Crippen LogP contribution is 2.18. The van der Waals surface area contributed by atoms with Crippen molar-refractivity contribution in [3.63, 3.8) is 0 Å². The molecule has 0 saturated carbocycles. The number of hydrogen-bond donors (Lipinski definition) is 2. The first kappa shape index (κ1) is 7.61. The molecule has 2 rings (SSSR count). The second kappa shape index (κ2) is 3.15. The van der Waals surface area contributed by atoms with E-state index in [-0.39, 0.29) is 0 Å². The largest absolute Gasteiger partial charge is 0.395 e. The van der Waals surface area contributed by atoms with Gasteiger partial charge in [-0.25, -0.2) is 0 Å². The van der Waals surface area contributed by atoms with Crippen molar-refractivity contribution < 1.29 is 4.52 Å². The van der Waals surface area contributed by atoms with Crippen molar-refractivity contribution in [1.82, 2.24) is 10.5 Å². The van der Waals surface area contributed by atoms with Crippen molar-refractivity contribution in [2.45, 2.75) is 12.8 Å². The number of aromatic nitrogens is 1. The van der Waals surface area contributed by atoms with E-state index in [1.54, 1.807) is 6.20 Å². The van der Waals surface area contributed by atoms with Gasteiger partial charge in [-0.2, -0.15) is 0 Å². The summed E-state index contributed by atoms with van der Waals surface area (Å²) in [6.45, 7) is 2.18. The van der Waals surface area contributed by atoms with Crippen LogP contribution in [0.1, 0.15) is 12.2 Å². The van der Waals surface area contributed by atoms with Crippen molar-refractivity contribution in [2.75, 3.05) is 18.8 Å². The van der Waals surface area contributed by atoms with Gasteiger partial charge in [-0.15, -0.1) is 0 Å². The molecule has 66 valence electrons. The summed E-state index contributed by atoms with van der Waals surface area (Å²) in [5.74, 6) is 1.50. The Balaban J connectivity index is 1.98. The zero-order chi connectivity index (χ0) is 8.39. The topological polar surface area (TPSA) is 64.1 Å². The van der Waals surface area contributed by atoms with Crippen LogP contribution in [0.3, 0.4) is 0 Å². The van der Waals surface area contributed by atoms with E-state index < -0.39 is 0 Å². The average molecular weight is 167 g/mol. The molecule has 1 aliphatic heterocycles. The van der Waals surface area contributed by atoms with Crippen LogP contribution < -0.4 is 11.1 Å². The van der Waals surface area contributed by atoms with Gasteiger partial charge < -0.3 is 15.6 Å². The van der Waals surface area contributed by atoms with E-state index in [4.69, 9.17) is 10.3 Å². The fourth-order valence-electron chi connectivity index (χ4n) is 1.58. The molecule has 0 aliphatic carbocycles. The molecule has 4 nitrogen and oxygen atoms in total. The third kappa shape index (κ3) is 1.43. The van der Waals surface area contributed by atoms with E-state index in [9.17, 15) is 0 Å². The number of nitrogens with zero attached hydrogens (tertiary/aromatic N) is 1. The quantitative estimate of drug-likeness (QED) is 0.669. The van der Waals surface area contributed by atoms with Gasteiger partial charge in [0.25, 0.3) is 0 Å². The first-order chi connectivity index (χ1) is 5.86. The molecule has 2 heterocycles. The van der Waals surface area contributed by atoms with Crippen molar-refractivity contribution in [3.05, 3.63) is 12.0 Å². The van der Waals surface area contributed by atoms with Crippen molar-refractivity contribution in [3.8, 4) is 0 Å². The molecule has 1 fully saturated rings. The van der Waals surface area contributed by atoms with E-state index >= 15 is 0 Å². The number of nitrogens with one attached hydrogen (secondary N) is 1. The Morgan fingerprint density at radius 2 is 2.67 bits per heavy atom. The maximum absolute atomic E-state index is 5.64. The van der Waals surface area contributed by atoms with Crippen molar-refractivity contribution >= 4 is 5.69 Å². The Bertz CT molecular complexity index is 253. The van der Waals surface area contributed by atoms with Gasteiger partial charge in [0.15, 0.2) is 5.76 Å². The maximum atomic E-state index is 5.64. The standard InChI is InChI=1S/C8H13N3O/c9-7-5-11-12-8(7)3-6-1-2-10-4-6/h5-6,10H,1-4,9H2. The molecule has 1 atom stereocenters. The molecule has 1 aromatic rings. The molecule has 1 aromatic heterocycles. The minimum atomic E-state index is 0.667. The predicted molar refractivity (Wildman–Crippen MR) is 45.6 cm³/mol. The molecule has 0 radical (unpaired) electrons. The lowest BCUT2D eigenvalue weighted by atomic mass is 10.0. The van der Waals surface area contributed by atoms with Gasteiger partial charge in [0.05, 0.1) is 11.9 Å². The summed E-state index contributed by atoms with van der Waals surface area (Å²) in [6, 6.07) is 0. The summed E-state index contributed by atoms with van der Waals surface area (Å²) in [7, 11) is 0. The molecule has 0 aromatic carbocycles. The number of nitrogen functional groups attached to an aromatic ring is 1. The van der Waals surface area contributed by atoms with Gasteiger partial charge in [-0.05, 0) is 25.4 Å². The average Bonchev–Trinajstić information content (AvgIpc) is 2.65. The van der Waals surface area contributed by atoms with Crippen LogP contribution in [-0.2, 0) is 6.42 Å². The van der Waals surface area contributed by atoms with Crippen LogP contribution in [0.25, 0.3) is 0 Å². The number of nitrogens with two attached hydrogens (primary N) is 1. The zero-order valence-corrected chi connectivity index (χ0v) is 6.92. The molecule has 1 saturated heterocycles. The summed E-state index contributed by atoms with van der Waals surface area (Å²) < 4.78 is 5.02. The van der Waals surface area contributed by atoms with E-state index in [0.29, 0.717) is 11.6 Å². The Kier molecular flexibility index (Phi) is 1.99. The third-order valence-corrected chi connectivity index (χ3v) is 2.31. The molecule has 0 bridgehead atoms. The predicted octanol–water partition coefficient (Wildman–Crippen LogP) is 0.409. The number of anilines is 1. The lowest BCUT2D eigenvalue weighted by molar-refractivity contribution is 0.364. The van der Waals surface area contributed by atoms with Crippen LogP contribution in [0.4, 0.5) is 5.69 Å². The first-order valence-corrected chi connectivity index (χ1v) is 4.26. The van der Waals surface area contributed by atoms with Gasteiger partial charge >= 0.3 is 0 Å². The number of rotatable bonds is 2. The smallest absolute Gasteiger partial charge is 0.159 e. The lowest BCUT2D eigenvalue weighted by Crippen LogP contribution is -2.10. The SMILES string of the molecule is Nc1cnoc1CC1CCNC1. The zero-order valence-electron chi connectivity index (χ0n) is 6.92. The molecular formula is C8H13N3O. The summed E-state index contributed by atoms with van der Waals surface area (Å²) in [6.07, 6.45) is 3.69. The molecule has 4 heteroatoms. The first-order valence-electron chi connectivity index (χ1n) is 4.26. The molecule has 12 heavy (non-hydrogen) atoms. The fraction of sp³-hybridized carbons (Fsp3) is 0.625. The Labute approximate surface area is 71.1 Å². The van der Waals surface area contributed by atoms with E-state index in [2.05, 4.69) is 10.5 Å². The monoisotopic (exact) mass is 167 g/mol. The van der Waals surface area contributed by atoms with Gasteiger partial charge in [0.1, 0.15) is 0 Å². The van der Waals surface area contributed by atoms with Gasteiger partial charge in [-0.1, -0.05) is 5.16 Å². The molecule has 1 unspecified atom stereocenters. The molecule has 0 amide bonds. The Morgan fingerprint density at radius 1 is 1.75 bits per heavy atom. The maximum Gasteiger partial charge on any atom is 0.159 e. The number of hydrogen-bond acceptors (Lipinski definition) is 4. The summed E-state index contributed by atoms with van der Waals surface area (Å²) in [5, 5.41) is 6.94. The molecular weight excluding hydrogens is 154 g/mol. The Hall–Kier alpha value is -1.03. The van der Waals surface area contributed by atoms with E-state index in [1.165, 1.54) is 6.42 Å². The highest BCUT2D eigenvalue weighted by molar-refractivity contribution is 5.38. The lowest BCUT2D eigenvalue weighted by Gasteiger charge is -2.04. The van der Waals surface area contributed by atoms with Crippen LogP contribution in [-0.4, -0.2) is 18.2 Å². The molecule has 3 N–H and O–H groups in total. The minimum absolute atomic E-state index is 0.667. The third-order valence-electron chi connectivity index (χ3n) is 2.31. The summed E-state index contributed by atoms with van der Waals surface area (Å²) in [4.78, 5) is 0. The van der Waals surface area contributed by atoms with Crippen LogP contribution in [0.2, 0.25) is 0 Å². The van der Waals surface area contributed by atoms with Crippen LogP contribution >= 0.6 is 0 Å². The second-order valence-corrected chi connectivity index (χ2v) is 3.27. The highest BCUT2D eigenvalue weighted by Gasteiger charge is 2.18.